The van der Waals surface area contributed by atoms with Gasteiger partial charge in [0.1, 0.15) is 12.1 Å². The highest BCUT2D eigenvalue weighted by atomic mass is 32.1. The van der Waals surface area contributed by atoms with E-state index in [1.165, 1.54) is 4.90 Å². The van der Waals surface area contributed by atoms with Crippen LogP contribution in [0.5, 0.6) is 0 Å². The fourth-order valence-electron chi connectivity index (χ4n) is 8.09. The lowest BCUT2D eigenvalue weighted by atomic mass is 9.85. The Morgan fingerprint density at radius 3 is 2.25 bits per heavy atom. The van der Waals surface area contributed by atoms with Gasteiger partial charge >= 0.3 is 0 Å². The molecule has 0 spiro atoms. The Hall–Kier alpha value is -5.92. The number of benzene rings is 4. The lowest BCUT2D eigenvalue weighted by Gasteiger charge is -2.35. The molecule has 2 heterocycles. The van der Waals surface area contributed by atoms with Crippen molar-refractivity contribution in [2.75, 3.05) is 11.9 Å². The first-order chi connectivity index (χ1) is 30.1. The van der Waals surface area contributed by atoms with Gasteiger partial charge in [0.05, 0.1) is 28.2 Å². The minimum Gasteiger partial charge on any atom is -0.391 e. The van der Waals surface area contributed by atoms with Crippen molar-refractivity contribution in [3.63, 3.8) is 0 Å². The van der Waals surface area contributed by atoms with Crippen LogP contribution in [0.15, 0.2) is 90.4 Å². The predicted molar refractivity (Wildman–Crippen MR) is 249 cm³/mol. The number of thiazole rings is 1. The monoisotopic (exact) mass is 872 g/mol. The Morgan fingerprint density at radius 1 is 0.857 bits per heavy atom. The molecule has 0 aliphatic carbocycles. The van der Waals surface area contributed by atoms with Crippen LogP contribution < -0.4 is 21.3 Å². The third-order valence-electron chi connectivity index (χ3n) is 11.7. The average Bonchev–Trinajstić information content (AvgIpc) is 3.88. The van der Waals surface area contributed by atoms with E-state index < -0.39 is 29.5 Å². The fraction of sp³-hybridized carbons (Fsp3) is 0.400. The smallest absolute Gasteiger partial charge is 0.252 e. The molecule has 0 saturated carbocycles. The number of carbonyl (C=O) groups excluding carboxylic acids is 5. The highest BCUT2D eigenvalue weighted by Gasteiger charge is 2.44. The molecule has 1 aliphatic heterocycles. The molecule has 1 saturated heterocycles. The number of nitrogens with zero attached hydrogens (tertiary/aromatic N) is 2. The molecule has 332 valence electrons. The van der Waals surface area contributed by atoms with E-state index in [2.05, 4.69) is 44.5 Å². The molecule has 63 heavy (non-hydrogen) atoms. The number of aliphatic hydroxyl groups is 1. The second kappa shape index (κ2) is 21.0. The summed E-state index contributed by atoms with van der Waals surface area (Å²) in [6.07, 6.45) is 2.38. The van der Waals surface area contributed by atoms with Crippen molar-refractivity contribution >= 4 is 57.3 Å². The predicted octanol–water partition coefficient (Wildman–Crippen LogP) is 8.16. The topological polar surface area (TPSA) is 170 Å². The van der Waals surface area contributed by atoms with Crippen LogP contribution in [0.3, 0.4) is 0 Å². The van der Waals surface area contributed by atoms with E-state index in [-0.39, 0.29) is 62.0 Å². The number of rotatable bonds is 17. The summed E-state index contributed by atoms with van der Waals surface area (Å²) in [6, 6.07) is 25.4. The summed E-state index contributed by atoms with van der Waals surface area (Å²) in [4.78, 5) is 73.7. The van der Waals surface area contributed by atoms with Crippen LogP contribution in [0.2, 0.25) is 0 Å². The van der Waals surface area contributed by atoms with Crippen molar-refractivity contribution in [3.05, 3.63) is 118 Å². The molecule has 0 bridgehead atoms. The molecule has 0 radical (unpaired) electrons. The minimum atomic E-state index is -0.905. The number of anilines is 1. The van der Waals surface area contributed by atoms with Crippen molar-refractivity contribution in [1.82, 2.24) is 25.8 Å². The molecule has 13 heteroatoms. The van der Waals surface area contributed by atoms with E-state index in [1.807, 2.05) is 102 Å². The molecule has 0 unspecified atom stereocenters. The first kappa shape index (κ1) is 46.6. The summed E-state index contributed by atoms with van der Waals surface area (Å²) >= 11 is 1.57. The Labute approximate surface area is 374 Å². The summed E-state index contributed by atoms with van der Waals surface area (Å²) in [7, 11) is 0. The van der Waals surface area contributed by atoms with Gasteiger partial charge in [-0.3, -0.25) is 24.0 Å². The normalized spacial score (nSPS) is 16.0. The Morgan fingerprint density at radius 2 is 1.56 bits per heavy atom. The Balaban J connectivity index is 0.924. The van der Waals surface area contributed by atoms with Crippen LogP contribution in [0.25, 0.3) is 21.2 Å². The third-order valence-corrected chi connectivity index (χ3v) is 12.7. The van der Waals surface area contributed by atoms with Crippen LogP contribution in [-0.2, 0) is 25.7 Å². The van der Waals surface area contributed by atoms with Crippen molar-refractivity contribution < 1.29 is 29.1 Å². The molecule has 1 aromatic heterocycles. The highest BCUT2D eigenvalue weighted by molar-refractivity contribution is 7.13. The van der Waals surface area contributed by atoms with Crippen molar-refractivity contribution in [1.29, 1.82) is 0 Å². The van der Waals surface area contributed by atoms with E-state index in [1.54, 1.807) is 23.5 Å². The zero-order valence-electron chi connectivity index (χ0n) is 37.1. The molecule has 1 fully saturated rings. The quantitative estimate of drug-likeness (QED) is 0.0588. The van der Waals surface area contributed by atoms with Gasteiger partial charge in [-0.2, -0.15) is 0 Å². The molecular weight excluding hydrogens is 813 g/mol. The van der Waals surface area contributed by atoms with E-state index in [0.29, 0.717) is 30.5 Å². The van der Waals surface area contributed by atoms with Crippen LogP contribution in [0.4, 0.5) is 5.69 Å². The zero-order valence-corrected chi connectivity index (χ0v) is 37.9. The summed E-state index contributed by atoms with van der Waals surface area (Å²) in [5, 5.41) is 24.7. The second-order valence-electron chi connectivity index (χ2n) is 17.7. The molecule has 12 nitrogen and oxygen atoms in total. The van der Waals surface area contributed by atoms with Crippen molar-refractivity contribution in [3.8, 4) is 10.4 Å². The first-order valence-electron chi connectivity index (χ1n) is 21.8. The molecule has 1 aliphatic rings. The van der Waals surface area contributed by atoms with Crippen LogP contribution in [0.1, 0.15) is 111 Å². The standard InChI is InChI=1S/C50H60N6O6S/c1-31-20-25-37(26-41(31)47(60)53-32(2)39-17-13-15-35-14-11-12-16-40(35)39)54-43(58)18-9-7-8-10-19-44(59)55-46(50(4,5)6)49(62)56-29-38(57)27-42(56)48(61)51-28-34-21-23-36(24-22-34)45-33(3)52-30-63-45/h11-17,20-26,30,32,38,42,46,57H,7-10,18-19,27-29H2,1-6H3,(H,51,61)(H,53,60)(H,54,58)(H,55,59)/t32-,38-,42+,46-/m1/s1. The fourth-order valence-corrected chi connectivity index (χ4v) is 8.90. The van der Waals surface area contributed by atoms with Crippen molar-refractivity contribution in [2.45, 2.75) is 117 Å². The maximum Gasteiger partial charge on any atom is 0.252 e. The summed E-state index contributed by atoms with van der Waals surface area (Å²) < 4.78 is 0. The number of hydrogen-bond acceptors (Lipinski definition) is 8. The van der Waals surface area contributed by atoms with Crippen molar-refractivity contribution in [2.24, 2.45) is 5.41 Å². The van der Waals surface area contributed by atoms with Gasteiger partial charge in [-0.05, 0) is 84.2 Å². The Kier molecular flexibility index (Phi) is 15.5. The maximum absolute atomic E-state index is 14.0. The molecule has 5 amide bonds. The lowest BCUT2D eigenvalue weighted by Crippen LogP contribution is -2.57. The number of aliphatic hydroxyl groups excluding tert-OH is 1. The van der Waals surface area contributed by atoms with E-state index in [0.717, 1.165) is 50.0 Å². The number of unbranched alkanes of at least 4 members (excludes halogenated alkanes) is 3. The zero-order chi connectivity index (χ0) is 45.3. The van der Waals surface area contributed by atoms with Crippen LogP contribution >= 0.6 is 11.3 Å². The summed E-state index contributed by atoms with van der Waals surface area (Å²) in [5.74, 6) is -1.41. The molecule has 5 aromatic rings. The molecule has 4 atom stereocenters. The molecule has 6 rings (SSSR count). The number of carbonyl (C=O) groups is 5. The highest BCUT2D eigenvalue weighted by Crippen LogP contribution is 2.29. The number of nitrogens with one attached hydrogen (secondary N) is 4. The number of likely N-dealkylation sites (tertiary alicyclic amines) is 1. The molecule has 4 aromatic carbocycles. The summed E-state index contributed by atoms with van der Waals surface area (Å²) in [5.41, 5.74) is 6.94. The minimum absolute atomic E-state index is 0.00209. The van der Waals surface area contributed by atoms with Gasteiger partial charge in [-0.1, -0.05) is 106 Å². The van der Waals surface area contributed by atoms with Gasteiger partial charge in [0.25, 0.3) is 5.91 Å². The van der Waals surface area contributed by atoms with Crippen LogP contribution in [-0.4, -0.2) is 69.3 Å². The summed E-state index contributed by atoms with van der Waals surface area (Å²) in [6.45, 7) is 11.7. The van der Waals surface area contributed by atoms with E-state index in [4.69, 9.17) is 0 Å². The maximum atomic E-state index is 14.0. The molecule has 5 N–H and O–H groups in total. The molecular formula is C50H60N6O6S. The van der Waals surface area contributed by atoms with E-state index in [9.17, 15) is 29.1 Å². The first-order valence-corrected chi connectivity index (χ1v) is 22.7. The van der Waals surface area contributed by atoms with Gasteiger partial charge < -0.3 is 31.3 Å². The SMILES string of the molecule is Cc1ccc(NC(=O)CCCCCCC(=O)N[C@H](C(=O)N2C[C@H](O)C[C@H]2C(=O)NCc2ccc(-c3scnc3C)cc2)C(C)(C)C)cc1C(=O)N[C@H](C)c1cccc2ccccc12. The average molecular weight is 873 g/mol. The van der Waals surface area contributed by atoms with Gasteiger partial charge in [-0.25, -0.2) is 4.98 Å². The van der Waals surface area contributed by atoms with Crippen LogP contribution in [0, 0.1) is 19.3 Å². The number of fused-ring (bicyclic) bond motifs is 1. The lowest BCUT2D eigenvalue weighted by molar-refractivity contribution is -0.144. The second-order valence-corrected chi connectivity index (χ2v) is 18.6. The van der Waals surface area contributed by atoms with Gasteiger partial charge in [0, 0.05) is 43.6 Å². The number of amides is 5. The van der Waals surface area contributed by atoms with Gasteiger partial charge in [-0.15, -0.1) is 11.3 Å². The number of aryl methyl sites for hydroxylation is 2. The number of β-amino-alcohol motifs (C(OH)–C–C–N with tert-alkyl or cyclic N) is 1. The Bertz CT molecular complexity index is 2420. The number of hydrogen-bond donors (Lipinski definition) is 5. The largest absolute Gasteiger partial charge is 0.391 e. The van der Waals surface area contributed by atoms with Gasteiger partial charge in [0.15, 0.2) is 0 Å². The third kappa shape index (κ3) is 12.2. The van der Waals surface area contributed by atoms with E-state index >= 15 is 0 Å². The van der Waals surface area contributed by atoms with Gasteiger partial charge in [0.2, 0.25) is 23.6 Å². The number of aromatic nitrogens is 1.